The van der Waals surface area contributed by atoms with Crippen molar-refractivity contribution >= 4 is 46.4 Å². The number of benzene rings is 2. The molecule has 1 aliphatic heterocycles. The van der Waals surface area contributed by atoms with Crippen LogP contribution in [0.2, 0.25) is 5.02 Å². The molecule has 1 amide bonds. The van der Waals surface area contributed by atoms with Crippen LogP contribution in [0.3, 0.4) is 0 Å². The van der Waals surface area contributed by atoms with Crippen molar-refractivity contribution in [1.29, 1.82) is 0 Å². The van der Waals surface area contributed by atoms with E-state index >= 15 is 0 Å². The van der Waals surface area contributed by atoms with Crippen molar-refractivity contribution in [2.24, 2.45) is 4.99 Å². The number of nitrogens with zero attached hydrogens (tertiary/aromatic N) is 1. The van der Waals surface area contributed by atoms with E-state index in [0.717, 1.165) is 11.8 Å². The molecule has 9 heteroatoms. The summed E-state index contributed by atoms with van der Waals surface area (Å²) in [6, 6.07) is 11.3. The Balaban J connectivity index is 1.95. The molecule has 0 saturated carbocycles. The van der Waals surface area contributed by atoms with Gasteiger partial charge < -0.3 is 19.3 Å². The van der Waals surface area contributed by atoms with Gasteiger partial charge in [-0.1, -0.05) is 35.3 Å². The Morgan fingerprint density at radius 3 is 2.59 bits per heavy atom. The monoisotopic (exact) mass is 497 g/mol. The molecule has 3 rings (SSSR count). The van der Waals surface area contributed by atoms with Crippen LogP contribution >= 0.6 is 23.4 Å². The maximum absolute atomic E-state index is 12.7. The van der Waals surface area contributed by atoms with Gasteiger partial charge in [0.1, 0.15) is 34.5 Å². The number of ether oxygens (including phenoxy) is 3. The zero-order valence-corrected chi connectivity index (χ0v) is 19.9. The number of halogens is 1. The molecule has 0 fully saturated rings. The Morgan fingerprint density at radius 1 is 1.24 bits per heavy atom. The summed E-state index contributed by atoms with van der Waals surface area (Å²) in [6.45, 7) is 1.80. The van der Waals surface area contributed by atoms with Crippen molar-refractivity contribution in [3.05, 3.63) is 74.9 Å². The van der Waals surface area contributed by atoms with Crippen molar-refractivity contribution in [2.75, 3.05) is 20.3 Å². The lowest BCUT2D eigenvalue weighted by Crippen LogP contribution is -2.14. The molecule has 0 aliphatic carbocycles. The lowest BCUT2D eigenvalue weighted by molar-refractivity contribution is -0.138. The van der Waals surface area contributed by atoms with E-state index in [4.69, 9.17) is 32.2 Å². The van der Waals surface area contributed by atoms with Gasteiger partial charge in [-0.2, -0.15) is 0 Å². The van der Waals surface area contributed by atoms with Crippen LogP contribution < -0.4 is 9.47 Å². The van der Waals surface area contributed by atoms with Crippen LogP contribution in [0.1, 0.15) is 22.8 Å². The van der Waals surface area contributed by atoms with Crippen LogP contribution in [0, 0.1) is 12.3 Å². The Kier molecular flexibility index (Phi) is 8.41. The van der Waals surface area contributed by atoms with E-state index in [1.165, 1.54) is 7.11 Å². The number of aliphatic hydroxyl groups excluding tert-OH is 1. The van der Waals surface area contributed by atoms with Crippen molar-refractivity contribution in [2.45, 2.75) is 6.92 Å². The number of rotatable bonds is 7. The minimum atomic E-state index is -0.784. The van der Waals surface area contributed by atoms with E-state index in [1.807, 2.05) is 0 Å². The number of esters is 1. The Morgan fingerprint density at radius 2 is 1.97 bits per heavy atom. The average Bonchev–Trinajstić information content (AvgIpc) is 3.13. The molecular weight excluding hydrogens is 478 g/mol. The number of carbonyl (C=O) groups excluding carboxylic acids is 2. The first-order valence-corrected chi connectivity index (χ1v) is 11.2. The predicted octanol–water partition coefficient (Wildman–Crippen LogP) is 5.06. The highest BCUT2D eigenvalue weighted by Crippen LogP contribution is 2.40. The summed E-state index contributed by atoms with van der Waals surface area (Å²) < 4.78 is 15.5. The van der Waals surface area contributed by atoms with Crippen molar-refractivity contribution in [3.63, 3.8) is 0 Å². The molecular formula is C25H20ClNO6S. The summed E-state index contributed by atoms with van der Waals surface area (Å²) >= 11 is 7.21. The molecule has 34 heavy (non-hydrogen) atoms. The van der Waals surface area contributed by atoms with Crippen molar-refractivity contribution in [1.82, 2.24) is 0 Å². The molecule has 0 unspecified atom stereocenters. The highest BCUT2D eigenvalue weighted by molar-refractivity contribution is 8.18. The quantitative estimate of drug-likeness (QED) is 0.422. The van der Waals surface area contributed by atoms with Gasteiger partial charge in [0.15, 0.2) is 0 Å². The zero-order valence-electron chi connectivity index (χ0n) is 18.3. The third-order valence-corrected chi connectivity index (χ3v) is 5.79. The molecule has 0 spiro atoms. The van der Waals surface area contributed by atoms with Gasteiger partial charge in [0.05, 0.1) is 23.6 Å². The largest absolute Gasteiger partial charge is 0.506 e. The molecule has 0 bridgehead atoms. The fraction of sp³-hybridized carbons (Fsp3) is 0.160. The number of methoxy groups -OCH3 is 1. The molecule has 0 atom stereocenters. The SMILES string of the molecule is C#CCOc1ccc(/C=C2\SC(=NC(=O)c3ccc(OC)cc3)C(C(=O)OCC)=C2O)cc1Cl. The maximum atomic E-state index is 12.7. The summed E-state index contributed by atoms with van der Waals surface area (Å²) in [6.07, 6.45) is 6.80. The topological polar surface area (TPSA) is 94.4 Å². The van der Waals surface area contributed by atoms with Gasteiger partial charge in [0, 0.05) is 5.56 Å². The van der Waals surface area contributed by atoms with Gasteiger partial charge >= 0.3 is 5.97 Å². The standard InChI is InChI=1S/C25H20ClNO6S/c1-4-12-33-19-11-6-15(13-18(19)26)14-20-22(28)21(25(30)32-5-2)24(34-20)27-23(29)16-7-9-17(31-3)10-8-16/h1,6-11,13-14,28H,5,12H2,2-3H3/b20-14-,27-24?. The third kappa shape index (κ3) is 5.81. The molecule has 174 valence electrons. The van der Waals surface area contributed by atoms with Gasteiger partial charge in [0.25, 0.3) is 5.91 Å². The second-order valence-electron chi connectivity index (χ2n) is 6.69. The van der Waals surface area contributed by atoms with Crippen LogP contribution in [-0.4, -0.2) is 42.4 Å². The van der Waals surface area contributed by atoms with Gasteiger partial charge in [-0.3, -0.25) is 4.79 Å². The normalized spacial score (nSPS) is 15.4. The number of amides is 1. The van der Waals surface area contributed by atoms with Crippen LogP contribution in [0.25, 0.3) is 6.08 Å². The third-order valence-electron chi connectivity index (χ3n) is 4.48. The lowest BCUT2D eigenvalue weighted by Gasteiger charge is -2.06. The molecule has 1 N–H and O–H groups in total. The minimum Gasteiger partial charge on any atom is -0.506 e. The molecule has 2 aromatic rings. The number of aliphatic imine (C=N–C) groups is 1. The lowest BCUT2D eigenvalue weighted by atomic mass is 10.1. The van der Waals surface area contributed by atoms with Crippen molar-refractivity contribution < 1.29 is 28.9 Å². The minimum absolute atomic E-state index is 0.0306. The van der Waals surface area contributed by atoms with Gasteiger partial charge in [-0.05, 0) is 55.0 Å². The van der Waals surface area contributed by atoms with Gasteiger partial charge in [0.2, 0.25) is 0 Å². The number of carbonyl (C=O) groups is 2. The number of terminal acetylenes is 1. The second kappa shape index (κ2) is 11.5. The highest BCUT2D eigenvalue weighted by Gasteiger charge is 2.34. The van der Waals surface area contributed by atoms with E-state index < -0.39 is 11.9 Å². The second-order valence-corrected chi connectivity index (χ2v) is 8.13. The Labute approximate surface area is 206 Å². The summed E-state index contributed by atoms with van der Waals surface area (Å²) in [5.41, 5.74) is 0.737. The molecule has 1 aliphatic rings. The summed E-state index contributed by atoms with van der Waals surface area (Å²) in [5, 5.41) is 11.1. The van der Waals surface area contributed by atoms with Crippen LogP contribution in [0.4, 0.5) is 0 Å². The van der Waals surface area contributed by atoms with E-state index in [9.17, 15) is 14.7 Å². The van der Waals surface area contributed by atoms with Crippen molar-refractivity contribution in [3.8, 4) is 23.8 Å². The molecule has 1 heterocycles. The molecule has 0 saturated heterocycles. The maximum Gasteiger partial charge on any atom is 0.344 e. The average molecular weight is 498 g/mol. The fourth-order valence-electron chi connectivity index (χ4n) is 2.88. The number of hydrogen-bond acceptors (Lipinski definition) is 7. The first-order valence-electron chi connectivity index (χ1n) is 10.0. The van der Waals surface area contributed by atoms with E-state index in [-0.39, 0.29) is 29.6 Å². The van der Waals surface area contributed by atoms with Crippen LogP contribution in [0.15, 0.2) is 63.7 Å². The summed E-state index contributed by atoms with van der Waals surface area (Å²) in [5.74, 6) is 1.66. The first-order chi connectivity index (χ1) is 16.4. The molecule has 7 nitrogen and oxygen atoms in total. The van der Waals surface area contributed by atoms with Gasteiger partial charge in [-0.15, -0.1) is 6.42 Å². The summed E-state index contributed by atoms with van der Waals surface area (Å²) in [7, 11) is 1.52. The molecule has 0 aromatic heterocycles. The van der Waals surface area contributed by atoms with Gasteiger partial charge in [-0.25, -0.2) is 9.79 Å². The molecule has 2 aromatic carbocycles. The zero-order chi connectivity index (χ0) is 24.7. The Hall–Kier alpha value is -3.67. The predicted molar refractivity (Wildman–Crippen MR) is 132 cm³/mol. The van der Waals surface area contributed by atoms with E-state index in [1.54, 1.807) is 55.5 Å². The fourth-order valence-corrected chi connectivity index (χ4v) is 4.13. The number of thioether (sulfide) groups is 1. The highest BCUT2D eigenvalue weighted by atomic mass is 35.5. The summed E-state index contributed by atoms with van der Waals surface area (Å²) in [4.78, 5) is 29.6. The van der Waals surface area contributed by atoms with Crippen LogP contribution in [0.5, 0.6) is 11.5 Å². The van der Waals surface area contributed by atoms with Crippen LogP contribution in [-0.2, 0) is 9.53 Å². The van der Waals surface area contributed by atoms with E-state index in [0.29, 0.717) is 32.6 Å². The molecule has 0 radical (unpaired) electrons. The number of aliphatic hydroxyl groups is 1. The number of hydrogen-bond donors (Lipinski definition) is 1. The van der Waals surface area contributed by atoms with E-state index in [2.05, 4.69) is 10.9 Å². The Bertz CT molecular complexity index is 1240. The first kappa shape index (κ1) is 25.0. The smallest absolute Gasteiger partial charge is 0.344 e.